The van der Waals surface area contributed by atoms with Gasteiger partial charge in [0, 0.05) is 19.3 Å². The quantitative estimate of drug-likeness (QED) is 0.0262. The molecule has 6 nitrogen and oxygen atoms in total. The Morgan fingerprint density at radius 1 is 0.318 bits per heavy atom. The first-order valence-corrected chi connectivity index (χ1v) is 27.9. The molecule has 0 heterocycles. The maximum absolute atomic E-state index is 12.8. The maximum atomic E-state index is 12.8. The molecule has 1 atom stereocenters. The number of allylic oxidation sites excluding steroid dienone is 12. The molecule has 0 saturated heterocycles. The Morgan fingerprint density at radius 3 is 1.00 bits per heavy atom. The molecular formula is C60H104O6. The second-order valence-corrected chi connectivity index (χ2v) is 18.5. The molecule has 0 radical (unpaired) electrons. The van der Waals surface area contributed by atoms with Crippen molar-refractivity contribution in [3.8, 4) is 0 Å². The third-order valence-electron chi connectivity index (χ3n) is 11.9. The number of hydrogen-bond acceptors (Lipinski definition) is 6. The van der Waals surface area contributed by atoms with Crippen LogP contribution in [-0.2, 0) is 28.6 Å². The Bertz CT molecular complexity index is 1240. The first kappa shape index (κ1) is 62.8. The van der Waals surface area contributed by atoms with Gasteiger partial charge in [0.05, 0.1) is 0 Å². The molecule has 0 amide bonds. The van der Waals surface area contributed by atoms with Crippen molar-refractivity contribution in [2.75, 3.05) is 13.2 Å². The van der Waals surface area contributed by atoms with E-state index < -0.39 is 6.10 Å². The SMILES string of the molecule is CC/C=C\C/C=C\C/C=C\C/C=C\CCCCCCCCC(=O)OCC(COC(=O)CCCCCCC/C=C\CCC)OC(=O)CCCCCCCCCCC/C=C\CCCCCCCC. The molecule has 1 unspecified atom stereocenters. The number of carbonyl (C=O) groups is 3. The van der Waals surface area contributed by atoms with Crippen molar-refractivity contribution in [2.45, 2.75) is 277 Å². The summed E-state index contributed by atoms with van der Waals surface area (Å²) < 4.78 is 16.8. The zero-order valence-electron chi connectivity index (χ0n) is 43.4. The largest absolute Gasteiger partial charge is 0.462 e. The minimum Gasteiger partial charge on any atom is -0.462 e. The zero-order chi connectivity index (χ0) is 47.9. The van der Waals surface area contributed by atoms with Gasteiger partial charge in [-0.2, -0.15) is 0 Å². The predicted octanol–water partition coefficient (Wildman–Crippen LogP) is 18.6. The van der Waals surface area contributed by atoms with Crippen LogP contribution in [0.3, 0.4) is 0 Å². The predicted molar refractivity (Wildman–Crippen MR) is 284 cm³/mol. The Morgan fingerprint density at radius 2 is 0.621 bits per heavy atom. The van der Waals surface area contributed by atoms with E-state index >= 15 is 0 Å². The molecule has 6 heteroatoms. The average molecular weight is 921 g/mol. The monoisotopic (exact) mass is 921 g/mol. The summed E-state index contributed by atoms with van der Waals surface area (Å²) in [5, 5.41) is 0. The second kappa shape index (κ2) is 54.5. The van der Waals surface area contributed by atoms with Crippen LogP contribution in [0, 0.1) is 0 Å². The van der Waals surface area contributed by atoms with Crippen LogP contribution in [0.4, 0.5) is 0 Å². The molecule has 0 aliphatic carbocycles. The fraction of sp³-hybridized carbons (Fsp3) is 0.750. The average Bonchev–Trinajstić information content (AvgIpc) is 3.31. The van der Waals surface area contributed by atoms with Crippen molar-refractivity contribution in [1.29, 1.82) is 0 Å². The van der Waals surface area contributed by atoms with Gasteiger partial charge in [0.15, 0.2) is 6.10 Å². The molecule has 0 saturated carbocycles. The minimum absolute atomic E-state index is 0.0850. The molecule has 0 aromatic heterocycles. The van der Waals surface area contributed by atoms with Crippen molar-refractivity contribution in [3.63, 3.8) is 0 Å². The van der Waals surface area contributed by atoms with E-state index in [1.54, 1.807) is 0 Å². The molecule has 0 aromatic carbocycles. The van der Waals surface area contributed by atoms with Crippen LogP contribution in [0.5, 0.6) is 0 Å². The molecule has 0 aliphatic rings. The van der Waals surface area contributed by atoms with Gasteiger partial charge < -0.3 is 14.2 Å². The Labute approximate surface area is 408 Å². The third kappa shape index (κ3) is 51.8. The van der Waals surface area contributed by atoms with Crippen LogP contribution in [0.15, 0.2) is 72.9 Å². The minimum atomic E-state index is -0.785. The third-order valence-corrected chi connectivity index (χ3v) is 11.9. The van der Waals surface area contributed by atoms with E-state index in [-0.39, 0.29) is 31.1 Å². The first-order valence-electron chi connectivity index (χ1n) is 27.9. The zero-order valence-corrected chi connectivity index (χ0v) is 43.4. The van der Waals surface area contributed by atoms with Crippen molar-refractivity contribution in [1.82, 2.24) is 0 Å². The lowest BCUT2D eigenvalue weighted by Crippen LogP contribution is -2.30. The van der Waals surface area contributed by atoms with Gasteiger partial charge in [-0.05, 0) is 103 Å². The highest BCUT2D eigenvalue weighted by molar-refractivity contribution is 5.71. The number of hydrogen-bond donors (Lipinski definition) is 0. The van der Waals surface area contributed by atoms with E-state index in [9.17, 15) is 14.4 Å². The Hall–Kier alpha value is -3.15. The van der Waals surface area contributed by atoms with Crippen LogP contribution >= 0.6 is 0 Å². The van der Waals surface area contributed by atoms with Gasteiger partial charge in [0.2, 0.25) is 0 Å². The summed E-state index contributed by atoms with van der Waals surface area (Å²) in [7, 11) is 0. The van der Waals surface area contributed by atoms with Gasteiger partial charge in [0.1, 0.15) is 13.2 Å². The number of carbonyl (C=O) groups excluding carboxylic acids is 3. The van der Waals surface area contributed by atoms with Gasteiger partial charge in [-0.15, -0.1) is 0 Å². The van der Waals surface area contributed by atoms with E-state index in [4.69, 9.17) is 14.2 Å². The van der Waals surface area contributed by atoms with E-state index in [2.05, 4.69) is 93.7 Å². The van der Waals surface area contributed by atoms with Crippen LogP contribution in [-0.4, -0.2) is 37.2 Å². The summed E-state index contributed by atoms with van der Waals surface area (Å²) in [6.45, 7) is 6.45. The molecule has 0 bridgehead atoms. The molecule has 0 aliphatic heterocycles. The normalized spacial score (nSPS) is 12.6. The van der Waals surface area contributed by atoms with E-state index in [1.807, 2.05) is 0 Å². The number of esters is 3. The van der Waals surface area contributed by atoms with Crippen molar-refractivity contribution < 1.29 is 28.6 Å². The number of ether oxygens (including phenoxy) is 3. The highest BCUT2D eigenvalue weighted by Crippen LogP contribution is 2.15. The lowest BCUT2D eigenvalue weighted by atomic mass is 10.1. The molecule has 0 spiro atoms. The van der Waals surface area contributed by atoms with Gasteiger partial charge in [-0.3, -0.25) is 14.4 Å². The van der Waals surface area contributed by atoms with Crippen LogP contribution in [0.25, 0.3) is 0 Å². The summed E-state index contributed by atoms with van der Waals surface area (Å²) in [4.78, 5) is 38.0. The summed E-state index contributed by atoms with van der Waals surface area (Å²) in [6.07, 6.45) is 68.9. The topological polar surface area (TPSA) is 78.9 Å². The van der Waals surface area contributed by atoms with E-state index in [0.717, 1.165) is 103 Å². The lowest BCUT2D eigenvalue weighted by molar-refractivity contribution is -0.167. The molecule has 66 heavy (non-hydrogen) atoms. The first-order chi connectivity index (χ1) is 32.5. The van der Waals surface area contributed by atoms with Crippen LogP contribution < -0.4 is 0 Å². The number of unbranched alkanes of at least 4 members (excludes halogenated alkanes) is 27. The summed E-state index contributed by atoms with van der Waals surface area (Å²) in [6, 6.07) is 0. The molecule has 0 N–H and O–H groups in total. The van der Waals surface area contributed by atoms with Crippen molar-refractivity contribution in [2.24, 2.45) is 0 Å². The van der Waals surface area contributed by atoms with E-state index in [1.165, 1.54) is 128 Å². The Balaban J connectivity index is 4.34. The van der Waals surface area contributed by atoms with E-state index in [0.29, 0.717) is 19.3 Å². The lowest BCUT2D eigenvalue weighted by Gasteiger charge is -2.18. The standard InChI is InChI=1S/C60H104O6/c1-4-7-10-13-16-19-22-24-26-28-30-32-34-36-38-41-44-47-50-53-59(62)65-56-57(55-64-58(61)52-49-46-43-40-21-18-15-12-9-6-3)66-60(63)54-51-48-45-42-39-37-35-33-31-29-27-25-23-20-17-14-11-8-5-2/h7,10,12,15-16,19,24-27,30,32,57H,4-6,8-9,11,13-14,17-18,20-23,28-29,31,33-56H2,1-3H3/b10-7-,15-12-,19-16-,26-24-,27-25-,32-30-. The fourth-order valence-electron chi connectivity index (χ4n) is 7.72. The van der Waals surface area contributed by atoms with Gasteiger partial charge in [-0.25, -0.2) is 0 Å². The number of rotatable bonds is 50. The van der Waals surface area contributed by atoms with Gasteiger partial charge in [0.25, 0.3) is 0 Å². The molecule has 0 aromatic rings. The van der Waals surface area contributed by atoms with Gasteiger partial charge >= 0.3 is 17.9 Å². The smallest absolute Gasteiger partial charge is 0.306 e. The molecule has 380 valence electrons. The van der Waals surface area contributed by atoms with Crippen LogP contribution in [0.1, 0.15) is 271 Å². The highest BCUT2D eigenvalue weighted by atomic mass is 16.6. The molecular weight excluding hydrogens is 817 g/mol. The van der Waals surface area contributed by atoms with Crippen LogP contribution in [0.2, 0.25) is 0 Å². The summed E-state index contributed by atoms with van der Waals surface area (Å²) in [5.41, 5.74) is 0. The van der Waals surface area contributed by atoms with Crippen molar-refractivity contribution in [3.05, 3.63) is 72.9 Å². The maximum Gasteiger partial charge on any atom is 0.306 e. The van der Waals surface area contributed by atoms with Crippen molar-refractivity contribution >= 4 is 17.9 Å². The highest BCUT2D eigenvalue weighted by Gasteiger charge is 2.19. The Kier molecular flexibility index (Phi) is 51.9. The molecule has 0 fully saturated rings. The fourth-order valence-corrected chi connectivity index (χ4v) is 7.72. The summed E-state index contributed by atoms with van der Waals surface area (Å²) in [5.74, 6) is -0.906. The molecule has 0 rings (SSSR count). The second-order valence-electron chi connectivity index (χ2n) is 18.5. The van der Waals surface area contributed by atoms with Gasteiger partial charge in [-0.1, -0.05) is 222 Å². The summed E-state index contributed by atoms with van der Waals surface area (Å²) >= 11 is 0.